The Morgan fingerprint density at radius 1 is 0.953 bits per heavy atom. The molecule has 3 heterocycles. The Labute approximate surface area is 250 Å². The second-order valence-corrected chi connectivity index (χ2v) is 11.9. The van der Waals surface area contributed by atoms with Crippen LogP contribution in [0.15, 0.2) is 97.2 Å². The Hall–Kier alpha value is -4.82. The summed E-state index contributed by atoms with van der Waals surface area (Å²) >= 11 is 0. The predicted octanol–water partition coefficient (Wildman–Crippen LogP) is 4.14. The highest BCUT2D eigenvalue weighted by Crippen LogP contribution is 2.47. The molecule has 2 N–H and O–H groups in total. The summed E-state index contributed by atoms with van der Waals surface area (Å²) in [6.07, 6.45) is 3.41. The van der Waals surface area contributed by atoms with Crippen LogP contribution in [0.3, 0.4) is 0 Å². The van der Waals surface area contributed by atoms with E-state index in [1.807, 2.05) is 98.0 Å². The van der Waals surface area contributed by atoms with Crippen molar-refractivity contribution in [3.05, 3.63) is 125 Å². The van der Waals surface area contributed by atoms with Gasteiger partial charge in [0, 0.05) is 24.0 Å². The van der Waals surface area contributed by atoms with Crippen LogP contribution in [-0.4, -0.2) is 58.7 Å². The van der Waals surface area contributed by atoms with Crippen LogP contribution in [0.4, 0.5) is 11.5 Å². The normalized spacial score (nSPS) is 22.8. The first kappa shape index (κ1) is 27.0. The molecule has 3 aliphatic rings. The van der Waals surface area contributed by atoms with Gasteiger partial charge in [0.25, 0.3) is 0 Å². The van der Waals surface area contributed by atoms with Crippen molar-refractivity contribution in [3.8, 4) is 0 Å². The van der Waals surface area contributed by atoms with E-state index in [9.17, 15) is 14.4 Å². The number of carbonyl (C=O) groups excluding carboxylic acids is 3. The number of aromatic nitrogens is 1. The van der Waals surface area contributed by atoms with Crippen molar-refractivity contribution in [1.82, 2.24) is 14.8 Å². The fourth-order valence-corrected chi connectivity index (χ4v) is 6.96. The number of amides is 3. The molecule has 8 nitrogen and oxygen atoms in total. The number of nitrogens with zero attached hydrogens (tertiary/aromatic N) is 3. The Bertz CT molecular complexity index is 1710. The van der Waals surface area contributed by atoms with E-state index in [0.717, 1.165) is 27.8 Å². The average Bonchev–Trinajstić information content (AvgIpc) is 3.54. The average molecular weight is 572 g/mol. The zero-order chi connectivity index (χ0) is 29.6. The van der Waals surface area contributed by atoms with Crippen molar-refractivity contribution in [3.63, 3.8) is 0 Å². The molecule has 1 saturated heterocycles. The van der Waals surface area contributed by atoms with Crippen molar-refractivity contribution >= 4 is 29.2 Å². The number of piperazine rings is 1. The maximum absolute atomic E-state index is 14.0. The Morgan fingerprint density at radius 3 is 2.49 bits per heavy atom. The van der Waals surface area contributed by atoms with E-state index in [-0.39, 0.29) is 36.3 Å². The van der Waals surface area contributed by atoms with E-state index < -0.39 is 5.41 Å². The summed E-state index contributed by atoms with van der Waals surface area (Å²) in [4.78, 5) is 48.8. The number of benzene rings is 3. The molecule has 1 fully saturated rings. The second-order valence-electron chi connectivity index (χ2n) is 11.9. The number of hydrogen-bond donors (Lipinski definition) is 2. The standard InChI is InChI=1S/C35H33N5O3/c1-39-21-30(24-11-6-3-7-12-24)40(33(42)29(39)17-23-9-4-2-5-10-23)22-31(41)37-27-15-14-25-19-35(20-26(25)18-27)28-13-8-16-36-32(28)38-34(35)43/h2-16,18,29-30H,17,19-22H2,1H3,(H,37,41)(H,36,38,43)/t29-,30+,35-/m1/s1. The van der Waals surface area contributed by atoms with Crippen LogP contribution in [0.2, 0.25) is 0 Å². The lowest BCUT2D eigenvalue weighted by molar-refractivity contribution is -0.147. The zero-order valence-electron chi connectivity index (χ0n) is 24.0. The van der Waals surface area contributed by atoms with Gasteiger partial charge in [-0.2, -0.15) is 0 Å². The summed E-state index contributed by atoms with van der Waals surface area (Å²) in [7, 11) is 1.98. The lowest BCUT2D eigenvalue weighted by atomic mass is 9.79. The molecule has 0 bridgehead atoms. The summed E-state index contributed by atoms with van der Waals surface area (Å²) < 4.78 is 0. The molecule has 3 amide bonds. The third kappa shape index (κ3) is 4.87. The molecule has 3 aromatic carbocycles. The smallest absolute Gasteiger partial charge is 0.244 e. The lowest BCUT2D eigenvalue weighted by Gasteiger charge is -2.44. The highest BCUT2D eigenvalue weighted by molar-refractivity contribution is 6.06. The zero-order valence-corrected chi connectivity index (χ0v) is 24.0. The Morgan fingerprint density at radius 2 is 1.70 bits per heavy atom. The molecule has 0 unspecified atom stereocenters. The molecular formula is C35H33N5O3. The van der Waals surface area contributed by atoms with Gasteiger partial charge in [-0.3, -0.25) is 19.3 Å². The van der Waals surface area contributed by atoms with Gasteiger partial charge in [-0.25, -0.2) is 4.98 Å². The number of pyridine rings is 1. The Kier molecular flexibility index (Phi) is 6.78. The molecular weight excluding hydrogens is 538 g/mol. The van der Waals surface area contributed by atoms with E-state index in [0.29, 0.717) is 37.3 Å². The van der Waals surface area contributed by atoms with Gasteiger partial charge in [-0.1, -0.05) is 72.8 Å². The van der Waals surface area contributed by atoms with Crippen LogP contribution >= 0.6 is 0 Å². The second kappa shape index (κ2) is 10.8. The number of likely N-dealkylation sites (N-methyl/N-ethyl adjacent to an activating group) is 1. The van der Waals surface area contributed by atoms with Crippen molar-refractivity contribution in [2.45, 2.75) is 36.8 Å². The number of fused-ring (bicyclic) bond motifs is 3. The van der Waals surface area contributed by atoms with Gasteiger partial charge in [0.1, 0.15) is 12.4 Å². The van der Waals surface area contributed by atoms with Crippen LogP contribution in [-0.2, 0) is 39.1 Å². The van der Waals surface area contributed by atoms with Crippen molar-refractivity contribution in [1.29, 1.82) is 0 Å². The molecule has 1 spiro atoms. The van der Waals surface area contributed by atoms with E-state index in [4.69, 9.17) is 0 Å². The number of hydrogen-bond acceptors (Lipinski definition) is 5. The van der Waals surface area contributed by atoms with Crippen LogP contribution in [0.1, 0.15) is 33.9 Å². The third-order valence-corrected chi connectivity index (χ3v) is 9.17. The maximum atomic E-state index is 14.0. The highest BCUT2D eigenvalue weighted by atomic mass is 16.2. The van der Waals surface area contributed by atoms with Crippen LogP contribution < -0.4 is 10.6 Å². The van der Waals surface area contributed by atoms with Gasteiger partial charge < -0.3 is 15.5 Å². The minimum atomic E-state index is -0.669. The van der Waals surface area contributed by atoms with Crippen molar-refractivity contribution < 1.29 is 14.4 Å². The van der Waals surface area contributed by atoms with Gasteiger partial charge in [-0.05, 0) is 66.8 Å². The third-order valence-electron chi connectivity index (χ3n) is 9.17. The van der Waals surface area contributed by atoms with Gasteiger partial charge in [0.2, 0.25) is 17.7 Å². The molecule has 0 saturated carbocycles. The molecule has 7 rings (SSSR count). The highest BCUT2D eigenvalue weighted by Gasteiger charge is 2.51. The molecule has 0 radical (unpaired) electrons. The predicted molar refractivity (Wildman–Crippen MR) is 164 cm³/mol. The molecule has 3 atom stereocenters. The van der Waals surface area contributed by atoms with Gasteiger partial charge in [-0.15, -0.1) is 0 Å². The maximum Gasteiger partial charge on any atom is 0.244 e. The van der Waals surface area contributed by atoms with Gasteiger partial charge in [0.05, 0.1) is 17.5 Å². The number of carbonyl (C=O) groups is 3. The molecule has 8 heteroatoms. The van der Waals surface area contributed by atoms with E-state index >= 15 is 0 Å². The number of rotatable bonds is 6. The summed E-state index contributed by atoms with van der Waals surface area (Å²) in [6, 6.07) is 29.0. The molecule has 2 aliphatic heterocycles. The molecule has 1 aliphatic carbocycles. The minimum absolute atomic E-state index is 0.0337. The first-order chi connectivity index (χ1) is 20.9. The lowest BCUT2D eigenvalue weighted by Crippen LogP contribution is -2.59. The van der Waals surface area contributed by atoms with Crippen molar-refractivity contribution in [2.24, 2.45) is 0 Å². The van der Waals surface area contributed by atoms with Crippen LogP contribution in [0.5, 0.6) is 0 Å². The van der Waals surface area contributed by atoms with Crippen LogP contribution in [0.25, 0.3) is 0 Å². The van der Waals surface area contributed by atoms with Gasteiger partial charge >= 0.3 is 0 Å². The van der Waals surface area contributed by atoms with Gasteiger partial charge in [0.15, 0.2) is 0 Å². The first-order valence-electron chi connectivity index (χ1n) is 14.7. The SMILES string of the molecule is CN1C[C@@H](c2ccccc2)N(CC(=O)Nc2ccc3c(c2)C[C@@]2(C3)C(=O)Nc3ncccc32)C(=O)[C@H]1Cc1ccccc1. The number of anilines is 2. The van der Waals surface area contributed by atoms with E-state index in [1.165, 1.54) is 0 Å². The quantitative estimate of drug-likeness (QED) is 0.363. The molecule has 1 aromatic heterocycles. The monoisotopic (exact) mass is 571 g/mol. The fourth-order valence-electron chi connectivity index (χ4n) is 6.96. The summed E-state index contributed by atoms with van der Waals surface area (Å²) in [5.74, 6) is 0.285. The molecule has 216 valence electrons. The van der Waals surface area contributed by atoms with E-state index in [2.05, 4.69) is 20.5 Å². The summed E-state index contributed by atoms with van der Waals surface area (Å²) in [6.45, 7) is 0.569. The topological polar surface area (TPSA) is 94.6 Å². The number of nitrogens with one attached hydrogen (secondary N) is 2. The van der Waals surface area contributed by atoms with Crippen molar-refractivity contribution in [2.75, 3.05) is 30.8 Å². The molecule has 4 aromatic rings. The van der Waals surface area contributed by atoms with E-state index in [1.54, 1.807) is 11.1 Å². The Balaban J connectivity index is 1.10. The minimum Gasteiger partial charge on any atom is -0.325 e. The largest absolute Gasteiger partial charge is 0.325 e. The summed E-state index contributed by atoms with van der Waals surface area (Å²) in [5, 5.41) is 5.98. The molecule has 43 heavy (non-hydrogen) atoms. The van der Waals surface area contributed by atoms with Crippen LogP contribution in [0, 0.1) is 0 Å². The summed E-state index contributed by atoms with van der Waals surface area (Å²) in [5.41, 5.74) is 5.12. The fraction of sp³-hybridized carbons (Fsp3) is 0.257. The first-order valence-corrected chi connectivity index (χ1v) is 14.7.